The first-order chi connectivity index (χ1) is 12.5. The maximum absolute atomic E-state index is 12.5. The molecule has 3 heterocycles. The second-order valence-corrected chi connectivity index (χ2v) is 7.43. The molecule has 0 bridgehead atoms. The quantitative estimate of drug-likeness (QED) is 0.578. The van der Waals surface area contributed by atoms with Crippen molar-refractivity contribution in [3.8, 4) is 11.3 Å². The average Bonchev–Trinajstić information content (AvgIpc) is 3.19. The lowest BCUT2D eigenvalue weighted by molar-refractivity contribution is 0.103. The van der Waals surface area contributed by atoms with Gasteiger partial charge in [0.05, 0.1) is 16.4 Å². The zero-order chi connectivity index (χ0) is 18.3. The van der Waals surface area contributed by atoms with Crippen LogP contribution in [0.2, 0.25) is 0 Å². The average molecular weight is 362 g/mol. The Balaban J connectivity index is 1.65. The molecule has 0 aliphatic rings. The molecular formula is C20H18N4OS. The van der Waals surface area contributed by atoms with Crippen LogP contribution in [0, 0.1) is 20.8 Å². The molecule has 1 N–H and O–H groups in total. The standard InChI is InChI=1S/C20H18N4OS/c1-12-6-5-9-24-11-17(23-19(12)24)15-7-4-8-16(10-15)22-20(25)18-13(2)21-14(3)26-18/h4-11H,1-3H3,(H,22,25). The summed E-state index contributed by atoms with van der Waals surface area (Å²) in [4.78, 5) is 22.2. The number of fused-ring (bicyclic) bond motifs is 1. The first kappa shape index (κ1) is 16.5. The van der Waals surface area contributed by atoms with Crippen molar-refractivity contribution in [2.45, 2.75) is 20.8 Å². The van der Waals surface area contributed by atoms with E-state index in [0.29, 0.717) is 4.88 Å². The summed E-state index contributed by atoms with van der Waals surface area (Å²) in [5.41, 5.74) is 5.40. The molecule has 130 valence electrons. The van der Waals surface area contributed by atoms with Crippen molar-refractivity contribution in [2.75, 3.05) is 5.32 Å². The molecule has 0 spiro atoms. The van der Waals surface area contributed by atoms with Crippen molar-refractivity contribution in [1.29, 1.82) is 0 Å². The molecule has 6 heteroatoms. The maximum Gasteiger partial charge on any atom is 0.267 e. The SMILES string of the molecule is Cc1nc(C)c(C(=O)Nc2cccc(-c3cn4cccc(C)c4n3)c2)s1. The molecule has 0 aliphatic heterocycles. The van der Waals surface area contributed by atoms with Gasteiger partial charge in [0.15, 0.2) is 0 Å². The molecule has 4 rings (SSSR count). The van der Waals surface area contributed by atoms with Gasteiger partial charge in [-0.15, -0.1) is 11.3 Å². The summed E-state index contributed by atoms with van der Waals surface area (Å²) in [6.07, 6.45) is 3.99. The fourth-order valence-corrected chi connectivity index (χ4v) is 3.79. The Bertz CT molecular complexity index is 1130. The Labute approximate surface area is 155 Å². The minimum absolute atomic E-state index is 0.129. The van der Waals surface area contributed by atoms with Crippen LogP contribution in [0.15, 0.2) is 48.8 Å². The molecule has 0 atom stereocenters. The highest BCUT2D eigenvalue weighted by Crippen LogP contribution is 2.25. The van der Waals surface area contributed by atoms with Gasteiger partial charge in [0.1, 0.15) is 10.5 Å². The van der Waals surface area contributed by atoms with E-state index in [1.54, 1.807) is 0 Å². The third kappa shape index (κ3) is 2.99. The third-order valence-electron chi connectivity index (χ3n) is 4.20. The van der Waals surface area contributed by atoms with Crippen LogP contribution in [-0.4, -0.2) is 20.3 Å². The van der Waals surface area contributed by atoms with Crippen molar-refractivity contribution >= 4 is 28.6 Å². The minimum atomic E-state index is -0.129. The summed E-state index contributed by atoms with van der Waals surface area (Å²) in [7, 11) is 0. The summed E-state index contributed by atoms with van der Waals surface area (Å²) < 4.78 is 2.01. The monoisotopic (exact) mass is 362 g/mol. The number of anilines is 1. The summed E-state index contributed by atoms with van der Waals surface area (Å²) >= 11 is 1.41. The molecule has 3 aromatic heterocycles. The molecule has 1 amide bonds. The van der Waals surface area contributed by atoms with E-state index in [0.717, 1.165) is 38.9 Å². The normalized spacial score (nSPS) is 11.0. The number of hydrogen-bond acceptors (Lipinski definition) is 4. The highest BCUT2D eigenvalue weighted by atomic mass is 32.1. The van der Waals surface area contributed by atoms with E-state index in [1.165, 1.54) is 11.3 Å². The molecule has 4 aromatic rings. The van der Waals surface area contributed by atoms with E-state index in [4.69, 9.17) is 4.98 Å². The lowest BCUT2D eigenvalue weighted by atomic mass is 10.1. The topological polar surface area (TPSA) is 59.3 Å². The fourth-order valence-electron chi connectivity index (χ4n) is 2.98. The van der Waals surface area contributed by atoms with E-state index in [9.17, 15) is 4.79 Å². The summed E-state index contributed by atoms with van der Waals surface area (Å²) in [5.74, 6) is -0.129. The Kier molecular flexibility index (Phi) is 4.05. The van der Waals surface area contributed by atoms with Gasteiger partial charge in [-0.1, -0.05) is 18.2 Å². The summed E-state index contributed by atoms with van der Waals surface area (Å²) in [6, 6.07) is 11.8. The number of nitrogens with one attached hydrogen (secondary N) is 1. The highest BCUT2D eigenvalue weighted by Gasteiger charge is 2.14. The van der Waals surface area contributed by atoms with Crippen LogP contribution in [0.4, 0.5) is 5.69 Å². The first-order valence-electron chi connectivity index (χ1n) is 8.31. The number of aryl methyl sites for hydroxylation is 3. The molecule has 0 saturated carbocycles. The Morgan fingerprint density at radius 1 is 1.12 bits per heavy atom. The minimum Gasteiger partial charge on any atom is -0.321 e. The van der Waals surface area contributed by atoms with Crippen LogP contribution in [-0.2, 0) is 0 Å². The van der Waals surface area contributed by atoms with Crippen LogP contribution in [0.3, 0.4) is 0 Å². The van der Waals surface area contributed by atoms with Gasteiger partial charge in [0.2, 0.25) is 0 Å². The molecule has 26 heavy (non-hydrogen) atoms. The number of benzene rings is 1. The largest absolute Gasteiger partial charge is 0.321 e. The smallest absolute Gasteiger partial charge is 0.267 e. The summed E-state index contributed by atoms with van der Waals surface area (Å²) in [6.45, 7) is 5.80. The highest BCUT2D eigenvalue weighted by molar-refractivity contribution is 7.13. The molecule has 5 nitrogen and oxygen atoms in total. The van der Waals surface area contributed by atoms with Crippen LogP contribution < -0.4 is 5.32 Å². The predicted molar refractivity (Wildman–Crippen MR) is 105 cm³/mol. The number of nitrogens with zero attached hydrogens (tertiary/aromatic N) is 3. The number of amides is 1. The van der Waals surface area contributed by atoms with E-state index in [-0.39, 0.29) is 5.91 Å². The number of carbonyl (C=O) groups excluding carboxylic acids is 1. The Morgan fingerprint density at radius 3 is 2.69 bits per heavy atom. The van der Waals surface area contributed by atoms with E-state index in [2.05, 4.69) is 10.3 Å². The molecule has 0 aliphatic carbocycles. The van der Waals surface area contributed by atoms with Gasteiger partial charge < -0.3 is 9.72 Å². The lowest BCUT2D eigenvalue weighted by Gasteiger charge is -2.05. The van der Waals surface area contributed by atoms with Gasteiger partial charge in [-0.3, -0.25) is 4.79 Å². The molecule has 0 saturated heterocycles. The van der Waals surface area contributed by atoms with Crippen molar-refractivity contribution in [3.05, 3.63) is 69.9 Å². The second-order valence-electron chi connectivity index (χ2n) is 6.23. The van der Waals surface area contributed by atoms with Gasteiger partial charge in [-0.2, -0.15) is 0 Å². The van der Waals surface area contributed by atoms with Gasteiger partial charge in [0.25, 0.3) is 5.91 Å². The van der Waals surface area contributed by atoms with Crippen LogP contribution in [0.1, 0.15) is 25.9 Å². The van der Waals surface area contributed by atoms with Crippen molar-refractivity contribution in [3.63, 3.8) is 0 Å². The van der Waals surface area contributed by atoms with Crippen LogP contribution in [0.5, 0.6) is 0 Å². The number of carbonyl (C=O) groups is 1. The predicted octanol–water partition coefficient (Wildman–Crippen LogP) is 4.64. The number of aromatic nitrogens is 3. The number of pyridine rings is 1. The second kappa shape index (κ2) is 6.38. The van der Waals surface area contributed by atoms with Gasteiger partial charge in [-0.25, -0.2) is 9.97 Å². The number of hydrogen-bond donors (Lipinski definition) is 1. The molecule has 0 fully saturated rings. The van der Waals surface area contributed by atoms with Crippen molar-refractivity contribution in [1.82, 2.24) is 14.4 Å². The number of rotatable bonds is 3. The van der Waals surface area contributed by atoms with E-state index >= 15 is 0 Å². The van der Waals surface area contributed by atoms with Gasteiger partial charge >= 0.3 is 0 Å². The van der Waals surface area contributed by atoms with E-state index < -0.39 is 0 Å². The fraction of sp³-hybridized carbons (Fsp3) is 0.150. The van der Waals surface area contributed by atoms with Crippen molar-refractivity contribution < 1.29 is 4.79 Å². The van der Waals surface area contributed by atoms with Crippen molar-refractivity contribution in [2.24, 2.45) is 0 Å². The van der Waals surface area contributed by atoms with Gasteiger partial charge in [0, 0.05) is 23.6 Å². The molecule has 0 radical (unpaired) electrons. The Morgan fingerprint density at radius 2 is 1.96 bits per heavy atom. The van der Waals surface area contributed by atoms with Crippen LogP contribution >= 0.6 is 11.3 Å². The van der Waals surface area contributed by atoms with E-state index in [1.807, 2.05) is 74.0 Å². The summed E-state index contributed by atoms with van der Waals surface area (Å²) in [5, 5.41) is 3.85. The molecule has 1 aromatic carbocycles. The Hall–Kier alpha value is -2.99. The maximum atomic E-state index is 12.5. The molecular weight excluding hydrogens is 344 g/mol. The van der Waals surface area contributed by atoms with Gasteiger partial charge in [-0.05, 0) is 44.5 Å². The lowest BCUT2D eigenvalue weighted by Crippen LogP contribution is -2.11. The zero-order valence-corrected chi connectivity index (χ0v) is 15.6. The number of thiazole rings is 1. The first-order valence-corrected chi connectivity index (χ1v) is 9.13. The molecule has 0 unspecified atom stereocenters. The third-order valence-corrected chi connectivity index (χ3v) is 5.28. The van der Waals surface area contributed by atoms with Crippen LogP contribution in [0.25, 0.3) is 16.9 Å². The zero-order valence-electron chi connectivity index (χ0n) is 14.8. The number of imidazole rings is 1.